The lowest BCUT2D eigenvalue weighted by atomic mass is 9.78. The van der Waals surface area contributed by atoms with E-state index in [-0.39, 0.29) is 24.0 Å². The molecule has 0 aromatic heterocycles. The predicted molar refractivity (Wildman–Crippen MR) is 92.1 cm³/mol. The third-order valence-corrected chi connectivity index (χ3v) is 5.28. The second-order valence-electron chi connectivity index (χ2n) is 7.75. The molecule has 0 bridgehead atoms. The Kier molecular flexibility index (Phi) is 8.56. The zero-order valence-electron chi connectivity index (χ0n) is 15.6. The maximum Gasteiger partial charge on any atom is 0.306 e. The van der Waals surface area contributed by atoms with E-state index in [0.717, 1.165) is 25.2 Å². The molecule has 5 atom stereocenters. The van der Waals surface area contributed by atoms with Crippen molar-refractivity contribution in [1.82, 2.24) is 0 Å². The first kappa shape index (κ1) is 20.4. The Bertz CT molecular complexity index is 357. The van der Waals surface area contributed by atoms with Gasteiger partial charge in [-0.15, -0.1) is 0 Å². The molecule has 136 valence electrons. The number of carboxylic acid groups (broad SMARTS) is 1. The van der Waals surface area contributed by atoms with Gasteiger partial charge in [0.25, 0.3) is 0 Å². The summed E-state index contributed by atoms with van der Waals surface area (Å²) in [6.45, 7) is 11.0. The fourth-order valence-corrected chi connectivity index (χ4v) is 4.16. The van der Waals surface area contributed by atoms with Crippen LogP contribution in [0.15, 0.2) is 0 Å². The Morgan fingerprint density at radius 2 is 2.04 bits per heavy atom. The zero-order chi connectivity index (χ0) is 17.5. The van der Waals surface area contributed by atoms with Crippen molar-refractivity contribution in [1.29, 1.82) is 0 Å². The van der Waals surface area contributed by atoms with Gasteiger partial charge in [-0.05, 0) is 43.9 Å². The van der Waals surface area contributed by atoms with Crippen molar-refractivity contribution in [2.45, 2.75) is 97.7 Å². The lowest BCUT2D eigenvalue weighted by Crippen LogP contribution is -2.45. The minimum absolute atomic E-state index is 0.0263. The molecule has 0 spiro atoms. The van der Waals surface area contributed by atoms with Gasteiger partial charge in [-0.1, -0.05) is 53.4 Å². The standard InChI is InChI=1S/C19H36O4/c1-6-9-15(7-2)10-14(4)12-19(5)13-16(8-3)17(22-23-19)11-18(20)21/h14-17H,6-13H2,1-5H3,(H,20,21)/t14-,15-,16-,17-,19+/m0/s1. The van der Waals surface area contributed by atoms with E-state index in [2.05, 4.69) is 34.6 Å². The second-order valence-corrected chi connectivity index (χ2v) is 7.75. The maximum absolute atomic E-state index is 10.9. The van der Waals surface area contributed by atoms with Crippen molar-refractivity contribution >= 4 is 5.97 Å². The van der Waals surface area contributed by atoms with Crippen LogP contribution in [0.5, 0.6) is 0 Å². The second kappa shape index (κ2) is 9.63. The van der Waals surface area contributed by atoms with Crippen LogP contribution in [0.25, 0.3) is 0 Å². The van der Waals surface area contributed by atoms with Crippen LogP contribution in [0, 0.1) is 17.8 Å². The molecule has 0 unspecified atom stereocenters. The highest BCUT2D eigenvalue weighted by atomic mass is 17.2. The molecule has 1 heterocycles. The number of hydrogen-bond acceptors (Lipinski definition) is 3. The summed E-state index contributed by atoms with van der Waals surface area (Å²) in [5.74, 6) is 0.826. The smallest absolute Gasteiger partial charge is 0.306 e. The first-order chi connectivity index (χ1) is 10.8. The van der Waals surface area contributed by atoms with E-state index < -0.39 is 5.97 Å². The molecule has 0 aromatic carbocycles. The molecule has 4 nitrogen and oxygen atoms in total. The molecule has 1 aliphatic heterocycles. The molecule has 23 heavy (non-hydrogen) atoms. The first-order valence-corrected chi connectivity index (χ1v) is 9.39. The van der Waals surface area contributed by atoms with Gasteiger partial charge in [0.05, 0.1) is 6.42 Å². The first-order valence-electron chi connectivity index (χ1n) is 9.39. The van der Waals surface area contributed by atoms with Gasteiger partial charge in [0.2, 0.25) is 0 Å². The van der Waals surface area contributed by atoms with Gasteiger partial charge in [0.1, 0.15) is 11.7 Å². The van der Waals surface area contributed by atoms with Crippen LogP contribution >= 0.6 is 0 Å². The molecule has 0 aliphatic carbocycles. The van der Waals surface area contributed by atoms with Gasteiger partial charge in [-0.3, -0.25) is 4.79 Å². The van der Waals surface area contributed by atoms with Crippen LogP contribution in [0.2, 0.25) is 0 Å². The Balaban J connectivity index is 2.57. The van der Waals surface area contributed by atoms with Gasteiger partial charge in [0, 0.05) is 0 Å². The summed E-state index contributed by atoms with van der Waals surface area (Å²) in [6.07, 6.45) is 7.52. The molecule has 0 radical (unpaired) electrons. The zero-order valence-corrected chi connectivity index (χ0v) is 15.6. The monoisotopic (exact) mass is 328 g/mol. The summed E-state index contributed by atoms with van der Waals surface area (Å²) in [4.78, 5) is 22.1. The van der Waals surface area contributed by atoms with E-state index in [0.29, 0.717) is 5.92 Å². The van der Waals surface area contributed by atoms with Gasteiger partial charge in [-0.25, -0.2) is 9.78 Å². The van der Waals surface area contributed by atoms with E-state index in [4.69, 9.17) is 14.9 Å². The maximum atomic E-state index is 10.9. The molecule has 1 N–H and O–H groups in total. The van der Waals surface area contributed by atoms with Crippen molar-refractivity contribution in [3.63, 3.8) is 0 Å². The summed E-state index contributed by atoms with van der Waals surface area (Å²) in [6, 6.07) is 0. The molecular formula is C19H36O4. The highest BCUT2D eigenvalue weighted by Gasteiger charge is 2.41. The van der Waals surface area contributed by atoms with Crippen LogP contribution in [0.3, 0.4) is 0 Å². The SMILES string of the molecule is CCC[C@H](CC)C[C@H](C)C[C@]1(C)C[C@H](CC)[C@H](CC(=O)O)OO1. The van der Waals surface area contributed by atoms with Gasteiger partial charge >= 0.3 is 5.97 Å². The fourth-order valence-electron chi connectivity index (χ4n) is 4.16. The molecule has 4 heteroatoms. The number of aliphatic carboxylic acids is 1. The number of rotatable bonds is 10. The van der Waals surface area contributed by atoms with E-state index >= 15 is 0 Å². The van der Waals surface area contributed by atoms with Gasteiger partial charge < -0.3 is 5.11 Å². The Labute approximate surface area is 141 Å². The predicted octanol–water partition coefficient (Wildman–Crippen LogP) is 5.21. The number of carbonyl (C=O) groups is 1. The average molecular weight is 328 g/mol. The summed E-state index contributed by atoms with van der Waals surface area (Å²) < 4.78 is 0. The fraction of sp³-hybridized carbons (Fsp3) is 0.947. The number of carboxylic acids is 1. The van der Waals surface area contributed by atoms with Crippen molar-refractivity contribution in [3.8, 4) is 0 Å². The normalized spacial score (nSPS) is 30.8. The molecule has 1 aliphatic rings. The summed E-state index contributed by atoms with van der Waals surface area (Å²) >= 11 is 0. The lowest BCUT2D eigenvalue weighted by Gasteiger charge is -2.42. The number of hydrogen-bond donors (Lipinski definition) is 1. The van der Waals surface area contributed by atoms with E-state index in [1.165, 1.54) is 25.7 Å². The quantitative estimate of drug-likeness (QED) is 0.559. The van der Waals surface area contributed by atoms with Crippen molar-refractivity contribution in [2.75, 3.05) is 0 Å². The topological polar surface area (TPSA) is 55.8 Å². The highest BCUT2D eigenvalue weighted by Crippen LogP contribution is 2.39. The van der Waals surface area contributed by atoms with E-state index in [1.54, 1.807) is 0 Å². The summed E-state index contributed by atoms with van der Waals surface area (Å²) in [5, 5.41) is 9.00. The van der Waals surface area contributed by atoms with Crippen molar-refractivity contribution < 1.29 is 19.7 Å². The molecule has 0 aromatic rings. The van der Waals surface area contributed by atoms with Crippen molar-refractivity contribution in [2.24, 2.45) is 17.8 Å². The molecular weight excluding hydrogens is 292 g/mol. The molecule has 0 amide bonds. The van der Waals surface area contributed by atoms with E-state index in [1.807, 2.05) is 0 Å². The molecule has 1 fully saturated rings. The third kappa shape index (κ3) is 6.80. The Hall–Kier alpha value is -0.610. The van der Waals surface area contributed by atoms with Crippen LogP contribution in [-0.2, 0) is 14.6 Å². The van der Waals surface area contributed by atoms with E-state index in [9.17, 15) is 4.79 Å². The third-order valence-electron chi connectivity index (χ3n) is 5.28. The van der Waals surface area contributed by atoms with Gasteiger partial charge in [-0.2, -0.15) is 0 Å². The minimum atomic E-state index is -0.820. The Morgan fingerprint density at radius 3 is 2.57 bits per heavy atom. The Morgan fingerprint density at radius 1 is 1.35 bits per heavy atom. The van der Waals surface area contributed by atoms with Crippen LogP contribution in [-0.4, -0.2) is 22.8 Å². The van der Waals surface area contributed by atoms with Crippen LogP contribution < -0.4 is 0 Å². The van der Waals surface area contributed by atoms with Crippen LogP contribution in [0.1, 0.15) is 86.0 Å². The molecule has 1 saturated heterocycles. The highest BCUT2D eigenvalue weighted by molar-refractivity contribution is 5.67. The molecule has 1 rings (SSSR count). The summed E-state index contributed by atoms with van der Waals surface area (Å²) in [7, 11) is 0. The van der Waals surface area contributed by atoms with Gasteiger partial charge in [0.15, 0.2) is 0 Å². The van der Waals surface area contributed by atoms with Crippen molar-refractivity contribution in [3.05, 3.63) is 0 Å². The largest absolute Gasteiger partial charge is 0.481 e. The summed E-state index contributed by atoms with van der Waals surface area (Å²) in [5.41, 5.74) is -0.292. The van der Waals surface area contributed by atoms with Crippen LogP contribution in [0.4, 0.5) is 0 Å². The minimum Gasteiger partial charge on any atom is -0.481 e. The lowest BCUT2D eigenvalue weighted by molar-refractivity contribution is -0.419. The average Bonchev–Trinajstić information content (AvgIpc) is 2.48. The molecule has 0 saturated carbocycles.